The minimum absolute atomic E-state index is 0.261. The Bertz CT molecular complexity index is 1410. The molecule has 0 spiro atoms. The maximum absolute atomic E-state index is 12.8. The zero-order valence-corrected chi connectivity index (χ0v) is 22.2. The molecule has 1 fully saturated rings. The van der Waals surface area contributed by atoms with E-state index in [1.807, 2.05) is 29.8 Å². The van der Waals surface area contributed by atoms with Crippen molar-refractivity contribution in [3.05, 3.63) is 59.8 Å². The number of benzene rings is 2. The molecule has 1 aromatic heterocycles. The number of nitrogens with one attached hydrogen (secondary N) is 1. The molecule has 1 aliphatic rings. The SMILES string of the molecule is CCN(CC)c1ccc2cc(-c3ccc(/C=C(\C#N)C(=O)N[C@H]4C(O)O[C@H](CO)[C@@H](O)[C@@H]4O)n3C)ccc2c1. The molecule has 0 saturated carbocycles. The van der Waals surface area contributed by atoms with E-state index in [0.29, 0.717) is 5.69 Å². The zero-order valence-electron chi connectivity index (χ0n) is 22.2. The summed E-state index contributed by atoms with van der Waals surface area (Å²) < 4.78 is 6.93. The summed E-state index contributed by atoms with van der Waals surface area (Å²) in [5.41, 5.74) is 3.37. The van der Waals surface area contributed by atoms with Gasteiger partial charge in [-0.1, -0.05) is 18.2 Å². The molecule has 1 unspecified atom stereocenters. The molecular formula is C29H34N4O6. The van der Waals surface area contributed by atoms with E-state index < -0.39 is 43.2 Å². The van der Waals surface area contributed by atoms with Crippen LogP contribution >= 0.6 is 0 Å². The Balaban J connectivity index is 1.56. The van der Waals surface area contributed by atoms with Crippen LogP contribution in [0.3, 0.4) is 0 Å². The number of anilines is 1. The van der Waals surface area contributed by atoms with E-state index in [2.05, 4.69) is 54.4 Å². The third-order valence-electron chi connectivity index (χ3n) is 7.26. The number of carbonyl (C=O) groups is 1. The number of carbonyl (C=O) groups excluding carboxylic acids is 1. The minimum Gasteiger partial charge on any atom is -0.394 e. The number of hydrogen-bond acceptors (Lipinski definition) is 8. The molecule has 206 valence electrons. The molecule has 10 heteroatoms. The maximum atomic E-state index is 12.8. The molecule has 39 heavy (non-hydrogen) atoms. The Kier molecular flexibility index (Phi) is 8.70. The molecule has 2 aromatic carbocycles. The van der Waals surface area contributed by atoms with Gasteiger partial charge in [0.25, 0.3) is 5.91 Å². The van der Waals surface area contributed by atoms with Crippen LogP contribution in [-0.4, -0.2) is 81.2 Å². The molecule has 5 N–H and O–H groups in total. The van der Waals surface area contributed by atoms with Gasteiger partial charge in [-0.3, -0.25) is 4.79 Å². The van der Waals surface area contributed by atoms with E-state index in [1.165, 1.54) is 11.8 Å². The van der Waals surface area contributed by atoms with Crippen LogP contribution in [0.4, 0.5) is 5.69 Å². The fourth-order valence-electron chi connectivity index (χ4n) is 4.92. The zero-order chi connectivity index (χ0) is 28.3. The summed E-state index contributed by atoms with van der Waals surface area (Å²) in [4.78, 5) is 15.1. The Labute approximate surface area is 227 Å². The molecule has 3 aromatic rings. The highest BCUT2D eigenvalue weighted by Crippen LogP contribution is 2.29. The van der Waals surface area contributed by atoms with E-state index in [4.69, 9.17) is 4.74 Å². The highest BCUT2D eigenvalue weighted by molar-refractivity contribution is 6.02. The first-order chi connectivity index (χ1) is 18.7. The molecule has 0 radical (unpaired) electrons. The number of aromatic nitrogens is 1. The lowest BCUT2D eigenvalue weighted by atomic mass is 9.97. The van der Waals surface area contributed by atoms with E-state index in [1.54, 1.807) is 6.07 Å². The van der Waals surface area contributed by atoms with E-state index in [-0.39, 0.29) is 5.57 Å². The van der Waals surface area contributed by atoms with Crippen molar-refractivity contribution in [2.75, 3.05) is 24.6 Å². The summed E-state index contributed by atoms with van der Waals surface area (Å²) in [6.45, 7) is 5.51. The van der Waals surface area contributed by atoms with Crippen LogP contribution in [0.25, 0.3) is 28.1 Å². The molecule has 5 atom stereocenters. The summed E-state index contributed by atoms with van der Waals surface area (Å²) in [6, 6.07) is 16.7. The fourth-order valence-corrected chi connectivity index (χ4v) is 4.92. The third kappa shape index (κ3) is 5.68. The Morgan fingerprint density at radius 3 is 2.44 bits per heavy atom. The van der Waals surface area contributed by atoms with Gasteiger partial charge in [0.05, 0.1) is 6.61 Å². The van der Waals surface area contributed by atoms with Gasteiger partial charge in [0.2, 0.25) is 0 Å². The third-order valence-corrected chi connectivity index (χ3v) is 7.26. The van der Waals surface area contributed by atoms with E-state index in [9.17, 15) is 30.5 Å². The minimum atomic E-state index is -1.68. The predicted octanol–water partition coefficient (Wildman–Crippen LogP) is 1.51. The number of amides is 1. The molecule has 10 nitrogen and oxygen atoms in total. The second kappa shape index (κ2) is 12.0. The number of nitrogens with zero attached hydrogens (tertiary/aromatic N) is 3. The van der Waals surface area contributed by atoms with Crippen molar-refractivity contribution in [2.24, 2.45) is 7.05 Å². The average Bonchev–Trinajstić information content (AvgIpc) is 3.31. The lowest BCUT2D eigenvalue weighted by molar-refractivity contribution is -0.253. The quantitative estimate of drug-likeness (QED) is 0.216. The van der Waals surface area contributed by atoms with Gasteiger partial charge in [-0.05, 0) is 66.6 Å². The van der Waals surface area contributed by atoms with Gasteiger partial charge in [-0.25, -0.2) is 0 Å². The summed E-state index contributed by atoms with van der Waals surface area (Å²) in [7, 11) is 1.83. The summed E-state index contributed by atoms with van der Waals surface area (Å²) >= 11 is 0. The standard InChI is InChI=1S/C29H34N4O6/c1-4-33(5-2)22-9-8-17-12-19(7-6-18(17)13-22)23-11-10-21(32(23)3)14-20(15-30)28(37)31-25-27(36)26(35)24(16-34)39-29(25)38/h6-14,24-27,29,34-36,38H,4-5,16H2,1-3H3,(H,31,37)/b20-14+/t24-,25-,26-,27-,29?/m1/s1. The Hall–Kier alpha value is -3.72. The first-order valence-corrected chi connectivity index (χ1v) is 12.9. The van der Waals surface area contributed by atoms with Crippen LogP contribution in [0.5, 0.6) is 0 Å². The highest BCUT2D eigenvalue weighted by Gasteiger charge is 2.44. The lowest BCUT2D eigenvalue weighted by Crippen LogP contribution is -2.64. The van der Waals surface area contributed by atoms with Crippen molar-refractivity contribution in [3.63, 3.8) is 0 Å². The average molecular weight is 535 g/mol. The van der Waals surface area contributed by atoms with Gasteiger partial charge in [0.1, 0.15) is 36.0 Å². The van der Waals surface area contributed by atoms with Crippen molar-refractivity contribution >= 4 is 28.4 Å². The van der Waals surface area contributed by atoms with Gasteiger partial charge in [-0.2, -0.15) is 5.26 Å². The maximum Gasteiger partial charge on any atom is 0.262 e. The lowest BCUT2D eigenvalue weighted by Gasteiger charge is -2.40. The smallest absolute Gasteiger partial charge is 0.262 e. The normalized spacial score (nSPS) is 23.4. The number of ether oxygens (including phenoxy) is 1. The Morgan fingerprint density at radius 2 is 1.77 bits per heavy atom. The van der Waals surface area contributed by atoms with Gasteiger partial charge >= 0.3 is 0 Å². The van der Waals surface area contributed by atoms with Gasteiger partial charge in [0, 0.05) is 37.2 Å². The van der Waals surface area contributed by atoms with E-state index in [0.717, 1.165) is 35.1 Å². The van der Waals surface area contributed by atoms with Crippen LogP contribution in [0.1, 0.15) is 19.5 Å². The molecule has 0 bridgehead atoms. The predicted molar refractivity (Wildman–Crippen MR) is 147 cm³/mol. The summed E-state index contributed by atoms with van der Waals surface area (Å²) in [6.07, 6.45) is -4.60. The van der Waals surface area contributed by atoms with Crippen LogP contribution < -0.4 is 10.2 Å². The van der Waals surface area contributed by atoms with Crippen molar-refractivity contribution in [3.8, 4) is 17.3 Å². The molecule has 1 amide bonds. The van der Waals surface area contributed by atoms with Crippen molar-refractivity contribution < 1.29 is 30.0 Å². The number of hydrogen-bond donors (Lipinski definition) is 5. The van der Waals surface area contributed by atoms with Gasteiger partial charge < -0.3 is 39.9 Å². The first kappa shape index (κ1) is 28.3. The summed E-state index contributed by atoms with van der Waals surface area (Å²) in [5.74, 6) is -0.851. The van der Waals surface area contributed by atoms with Gasteiger partial charge in [-0.15, -0.1) is 0 Å². The molecular weight excluding hydrogens is 500 g/mol. The monoisotopic (exact) mass is 534 g/mol. The second-order valence-electron chi connectivity index (χ2n) is 9.52. The Morgan fingerprint density at radius 1 is 1.08 bits per heavy atom. The van der Waals surface area contributed by atoms with Crippen LogP contribution in [0, 0.1) is 11.3 Å². The van der Waals surface area contributed by atoms with Crippen molar-refractivity contribution in [1.29, 1.82) is 5.26 Å². The van der Waals surface area contributed by atoms with Crippen molar-refractivity contribution in [1.82, 2.24) is 9.88 Å². The molecule has 0 aliphatic carbocycles. The fraction of sp³-hybridized carbons (Fsp3) is 0.379. The summed E-state index contributed by atoms with van der Waals surface area (Å²) in [5, 5.41) is 53.9. The largest absolute Gasteiger partial charge is 0.394 e. The molecule has 1 saturated heterocycles. The topological polar surface area (TPSA) is 151 Å². The second-order valence-corrected chi connectivity index (χ2v) is 9.52. The number of nitriles is 1. The van der Waals surface area contributed by atoms with Crippen LogP contribution in [0.15, 0.2) is 54.1 Å². The van der Waals surface area contributed by atoms with E-state index >= 15 is 0 Å². The van der Waals surface area contributed by atoms with Crippen LogP contribution in [0.2, 0.25) is 0 Å². The van der Waals surface area contributed by atoms with Crippen LogP contribution in [-0.2, 0) is 16.6 Å². The van der Waals surface area contributed by atoms with Crippen molar-refractivity contribution in [2.45, 2.75) is 44.5 Å². The number of aliphatic hydroxyl groups is 4. The number of aliphatic hydroxyl groups excluding tert-OH is 4. The number of fused-ring (bicyclic) bond motifs is 1. The number of rotatable bonds is 8. The van der Waals surface area contributed by atoms with Gasteiger partial charge in [0.15, 0.2) is 6.29 Å². The molecule has 2 heterocycles. The molecule has 4 rings (SSSR count). The highest BCUT2D eigenvalue weighted by atomic mass is 16.6. The first-order valence-electron chi connectivity index (χ1n) is 12.9. The molecule has 1 aliphatic heterocycles.